The third-order valence-electron chi connectivity index (χ3n) is 5.14. The molecule has 2 aliphatic rings. The van der Waals surface area contributed by atoms with Crippen LogP contribution in [-0.2, 0) is 0 Å². The minimum atomic E-state index is -0.620. The zero-order chi connectivity index (χ0) is 17.4. The van der Waals surface area contributed by atoms with Crippen molar-refractivity contribution >= 4 is 17.4 Å². The SMILES string of the molecule is O=c1[nH]c(-c2ccnc(F)c2)nc(N2CCCC3(CCNC3)C2)c1Cl. The van der Waals surface area contributed by atoms with E-state index in [0.29, 0.717) is 17.2 Å². The van der Waals surface area contributed by atoms with Crippen LogP contribution in [0.3, 0.4) is 0 Å². The summed E-state index contributed by atoms with van der Waals surface area (Å²) in [4.78, 5) is 25.1. The summed E-state index contributed by atoms with van der Waals surface area (Å²) < 4.78 is 13.4. The summed E-state index contributed by atoms with van der Waals surface area (Å²) in [5, 5.41) is 3.51. The maximum atomic E-state index is 13.4. The lowest BCUT2D eigenvalue weighted by Crippen LogP contribution is -2.45. The van der Waals surface area contributed by atoms with E-state index in [9.17, 15) is 9.18 Å². The lowest BCUT2D eigenvalue weighted by Gasteiger charge is -2.40. The van der Waals surface area contributed by atoms with Crippen molar-refractivity contribution in [1.29, 1.82) is 0 Å². The van der Waals surface area contributed by atoms with Gasteiger partial charge in [0.2, 0.25) is 5.95 Å². The minimum Gasteiger partial charge on any atom is -0.355 e. The van der Waals surface area contributed by atoms with Crippen LogP contribution in [-0.4, -0.2) is 41.1 Å². The minimum absolute atomic E-state index is 0.0845. The van der Waals surface area contributed by atoms with Crippen LogP contribution in [0.1, 0.15) is 19.3 Å². The van der Waals surface area contributed by atoms with E-state index in [2.05, 4.69) is 25.2 Å². The first kappa shape index (κ1) is 16.5. The van der Waals surface area contributed by atoms with E-state index >= 15 is 0 Å². The van der Waals surface area contributed by atoms with Crippen molar-refractivity contribution in [2.75, 3.05) is 31.1 Å². The van der Waals surface area contributed by atoms with Gasteiger partial charge in [-0.25, -0.2) is 9.97 Å². The molecular formula is C17H19ClFN5O. The molecule has 0 saturated carbocycles. The van der Waals surface area contributed by atoms with E-state index in [4.69, 9.17) is 11.6 Å². The van der Waals surface area contributed by atoms with Crippen LogP contribution in [0, 0.1) is 11.4 Å². The highest BCUT2D eigenvalue weighted by Gasteiger charge is 2.39. The zero-order valence-electron chi connectivity index (χ0n) is 13.7. The highest BCUT2D eigenvalue weighted by atomic mass is 35.5. The molecular weight excluding hydrogens is 345 g/mol. The Hall–Kier alpha value is -1.99. The van der Waals surface area contributed by atoms with Crippen molar-refractivity contribution in [2.24, 2.45) is 5.41 Å². The Balaban J connectivity index is 1.73. The van der Waals surface area contributed by atoms with Gasteiger partial charge in [0, 0.05) is 42.9 Å². The lowest BCUT2D eigenvalue weighted by molar-refractivity contribution is 0.260. The fourth-order valence-corrected chi connectivity index (χ4v) is 4.08. The van der Waals surface area contributed by atoms with Crippen LogP contribution < -0.4 is 15.8 Å². The molecule has 0 amide bonds. The zero-order valence-corrected chi connectivity index (χ0v) is 14.4. The number of H-pyrrole nitrogens is 1. The first-order chi connectivity index (χ1) is 12.1. The predicted molar refractivity (Wildman–Crippen MR) is 94.4 cm³/mol. The van der Waals surface area contributed by atoms with Crippen LogP contribution in [0.2, 0.25) is 5.02 Å². The highest BCUT2D eigenvalue weighted by molar-refractivity contribution is 6.32. The van der Waals surface area contributed by atoms with Crippen molar-refractivity contribution in [3.05, 3.63) is 39.7 Å². The molecule has 2 aliphatic heterocycles. The van der Waals surface area contributed by atoms with Crippen molar-refractivity contribution < 1.29 is 4.39 Å². The second kappa shape index (κ2) is 6.38. The van der Waals surface area contributed by atoms with Gasteiger partial charge in [-0.3, -0.25) is 4.79 Å². The van der Waals surface area contributed by atoms with Crippen LogP contribution in [0.25, 0.3) is 11.4 Å². The first-order valence-electron chi connectivity index (χ1n) is 8.44. The van der Waals surface area contributed by atoms with Gasteiger partial charge in [0.05, 0.1) is 0 Å². The molecule has 1 unspecified atom stereocenters. The molecule has 4 rings (SSSR count). The summed E-state index contributed by atoms with van der Waals surface area (Å²) in [7, 11) is 0. The van der Waals surface area contributed by atoms with E-state index in [1.807, 2.05) is 0 Å². The number of piperidine rings is 1. The number of hydrogen-bond acceptors (Lipinski definition) is 5. The fraction of sp³-hybridized carbons (Fsp3) is 0.471. The number of halogens is 2. The average molecular weight is 364 g/mol. The van der Waals surface area contributed by atoms with Gasteiger partial charge in [-0.2, -0.15) is 4.39 Å². The topological polar surface area (TPSA) is 73.9 Å². The van der Waals surface area contributed by atoms with Gasteiger partial charge in [0.25, 0.3) is 5.56 Å². The molecule has 1 spiro atoms. The third kappa shape index (κ3) is 3.14. The van der Waals surface area contributed by atoms with Crippen LogP contribution in [0.15, 0.2) is 23.1 Å². The summed E-state index contributed by atoms with van der Waals surface area (Å²) in [5.41, 5.74) is 0.272. The van der Waals surface area contributed by atoms with Crippen LogP contribution in [0.4, 0.5) is 10.2 Å². The van der Waals surface area contributed by atoms with E-state index in [-0.39, 0.29) is 10.4 Å². The van der Waals surface area contributed by atoms with Gasteiger partial charge in [0.1, 0.15) is 10.8 Å². The molecule has 0 bridgehead atoms. The number of anilines is 1. The standard InChI is InChI=1S/C17H19ClFN5O/c18-13-15(24-7-1-3-17(10-24)4-6-20-9-17)22-14(23-16(13)25)11-2-5-21-12(19)8-11/h2,5,8,20H,1,3-4,6-7,9-10H2,(H,22,23,25). The number of nitrogens with zero attached hydrogens (tertiary/aromatic N) is 3. The molecule has 2 saturated heterocycles. The smallest absolute Gasteiger partial charge is 0.272 e. The van der Waals surface area contributed by atoms with Crippen molar-refractivity contribution in [2.45, 2.75) is 19.3 Å². The third-order valence-corrected chi connectivity index (χ3v) is 5.48. The molecule has 4 heterocycles. The lowest BCUT2D eigenvalue weighted by atomic mass is 9.79. The Morgan fingerprint density at radius 2 is 2.24 bits per heavy atom. The van der Waals surface area contributed by atoms with Crippen molar-refractivity contribution in [3.8, 4) is 11.4 Å². The molecule has 2 N–H and O–H groups in total. The van der Waals surface area contributed by atoms with Crippen LogP contribution >= 0.6 is 11.6 Å². The fourth-order valence-electron chi connectivity index (χ4n) is 3.88. The molecule has 0 aromatic carbocycles. The summed E-state index contributed by atoms with van der Waals surface area (Å²) >= 11 is 6.26. The summed E-state index contributed by atoms with van der Waals surface area (Å²) in [5.74, 6) is 0.157. The first-order valence-corrected chi connectivity index (χ1v) is 8.82. The molecule has 2 aromatic heterocycles. The van der Waals surface area contributed by atoms with E-state index in [1.54, 1.807) is 6.07 Å². The van der Waals surface area contributed by atoms with Gasteiger partial charge >= 0.3 is 0 Å². The number of aromatic amines is 1. The second-order valence-corrected chi connectivity index (χ2v) is 7.25. The van der Waals surface area contributed by atoms with Crippen molar-refractivity contribution in [3.63, 3.8) is 0 Å². The maximum absolute atomic E-state index is 13.4. The van der Waals surface area contributed by atoms with Gasteiger partial charge < -0.3 is 15.2 Å². The Bertz CT molecular complexity index is 849. The van der Waals surface area contributed by atoms with E-state index in [1.165, 1.54) is 18.7 Å². The Labute approximate surface area is 149 Å². The van der Waals surface area contributed by atoms with Gasteiger partial charge in [-0.15, -0.1) is 0 Å². The molecule has 25 heavy (non-hydrogen) atoms. The molecule has 6 nitrogen and oxygen atoms in total. The number of rotatable bonds is 2. The van der Waals surface area contributed by atoms with Gasteiger partial charge in [-0.1, -0.05) is 11.6 Å². The Kier molecular flexibility index (Phi) is 4.21. The highest BCUT2D eigenvalue weighted by Crippen LogP contribution is 2.38. The molecule has 8 heteroatoms. The quantitative estimate of drug-likeness (QED) is 0.800. The van der Waals surface area contributed by atoms with Gasteiger partial charge in [0.15, 0.2) is 5.82 Å². The average Bonchev–Trinajstić information content (AvgIpc) is 3.04. The summed E-state index contributed by atoms with van der Waals surface area (Å²) in [6.07, 6.45) is 4.66. The molecule has 1 atom stereocenters. The Morgan fingerprint density at radius 1 is 1.36 bits per heavy atom. The summed E-state index contributed by atoms with van der Waals surface area (Å²) in [6.45, 7) is 3.63. The molecule has 2 fully saturated rings. The second-order valence-electron chi connectivity index (χ2n) is 6.87. The molecule has 2 aromatic rings. The monoisotopic (exact) mass is 363 g/mol. The van der Waals surface area contributed by atoms with E-state index < -0.39 is 11.5 Å². The molecule has 132 valence electrons. The predicted octanol–water partition coefficient (Wildman–Crippen LogP) is 2.20. The molecule has 0 radical (unpaired) electrons. The number of pyridine rings is 1. The number of hydrogen-bond donors (Lipinski definition) is 2. The largest absolute Gasteiger partial charge is 0.355 e. The van der Waals surface area contributed by atoms with Crippen LogP contribution in [0.5, 0.6) is 0 Å². The maximum Gasteiger partial charge on any atom is 0.272 e. The van der Waals surface area contributed by atoms with Gasteiger partial charge in [-0.05, 0) is 31.9 Å². The number of aromatic nitrogens is 3. The Morgan fingerprint density at radius 3 is 3.00 bits per heavy atom. The van der Waals surface area contributed by atoms with E-state index in [0.717, 1.165) is 39.0 Å². The summed E-state index contributed by atoms with van der Waals surface area (Å²) in [6, 6.07) is 2.85. The number of nitrogens with one attached hydrogen (secondary N) is 2. The van der Waals surface area contributed by atoms with Crippen molar-refractivity contribution in [1.82, 2.24) is 20.3 Å². The normalized spacial score (nSPS) is 23.4. The molecule has 0 aliphatic carbocycles.